The first-order chi connectivity index (χ1) is 14.7. The fourth-order valence-electron chi connectivity index (χ4n) is 3.64. The molecule has 8 heteroatoms. The molecule has 0 N–H and O–H groups in total. The summed E-state index contributed by atoms with van der Waals surface area (Å²) in [6.45, 7) is 1.20. The van der Waals surface area contributed by atoms with Crippen molar-refractivity contribution >= 4 is 23.1 Å². The predicted octanol–water partition coefficient (Wildman–Crippen LogP) is 4.17. The van der Waals surface area contributed by atoms with E-state index in [4.69, 9.17) is 16.0 Å². The number of rotatable bonds is 5. The summed E-state index contributed by atoms with van der Waals surface area (Å²) in [4.78, 5) is 23.6. The van der Waals surface area contributed by atoms with E-state index >= 15 is 0 Å². The second-order valence-corrected chi connectivity index (χ2v) is 7.40. The van der Waals surface area contributed by atoms with Gasteiger partial charge < -0.3 is 9.32 Å². The summed E-state index contributed by atoms with van der Waals surface area (Å²) in [5.74, 6) is -0.219. The Bertz CT molecular complexity index is 1190. The molecule has 5 rings (SSSR count). The van der Waals surface area contributed by atoms with Crippen LogP contribution in [-0.2, 0) is 6.54 Å². The number of ketones is 1. The number of halogens is 1. The van der Waals surface area contributed by atoms with Crippen molar-refractivity contribution in [2.24, 2.45) is 0 Å². The summed E-state index contributed by atoms with van der Waals surface area (Å²) < 4.78 is 5.60. The van der Waals surface area contributed by atoms with E-state index in [0.717, 1.165) is 16.8 Å². The molecule has 1 aliphatic heterocycles. The highest BCUT2D eigenvalue weighted by atomic mass is 35.5. The lowest BCUT2D eigenvalue weighted by molar-refractivity contribution is 0.0931. The van der Waals surface area contributed by atoms with Crippen LogP contribution in [0.25, 0.3) is 11.7 Å². The zero-order chi connectivity index (χ0) is 20.5. The smallest absolute Gasteiger partial charge is 0.286 e. The average molecular weight is 418 g/mol. The summed E-state index contributed by atoms with van der Waals surface area (Å²) in [7, 11) is 0. The van der Waals surface area contributed by atoms with Crippen molar-refractivity contribution in [1.29, 1.82) is 0 Å². The van der Waals surface area contributed by atoms with Crippen molar-refractivity contribution in [3.63, 3.8) is 0 Å². The van der Waals surface area contributed by atoms with Crippen LogP contribution in [0.3, 0.4) is 0 Å². The normalized spacial score (nSPS) is 15.2. The number of benzene rings is 2. The lowest BCUT2D eigenvalue weighted by atomic mass is 9.97. The number of fused-ring (bicyclic) bond motifs is 1. The van der Waals surface area contributed by atoms with E-state index in [1.807, 2.05) is 48.5 Å². The number of carbonyl (C=O) groups is 1. The minimum absolute atomic E-state index is 0.0365. The molecule has 0 radical (unpaired) electrons. The lowest BCUT2D eigenvalue weighted by Crippen LogP contribution is -2.24. The third-order valence-corrected chi connectivity index (χ3v) is 5.30. The molecule has 0 spiro atoms. The molecule has 1 unspecified atom stereocenters. The number of hydrogen-bond acceptors (Lipinski definition) is 7. The molecule has 0 amide bonds. The Morgan fingerprint density at radius 1 is 1.03 bits per heavy atom. The Hall–Kier alpha value is -3.58. The number of anilines is 1. The van der Waals surface area contributed by atoms with Gasteiger partial charge in [0.15, 0.2) is 0 Å². The van der Waals surface area contributed by atoms with Crippen LogP contribution in [0.2, 0.25) is 5.02 Å². The number of para-hydroxylation sites is 1. The van der Waals surface area contributed by atoms with Crippen LogP contribution in [0.5, 0.6) is 0 Å². The van der Waals surface area contributed by atoms with Gasteiger partial charge in [0.05, 0.1) is 5.92 Å². The maximum atomic E-state index is 13.2. The molecule has 7 nitrogen and oxygen atoms in total. The van der Waals surface area contributed by atoms with Crippen molar-refractivity contribution in [2.45, 2.75) is 12.5 Å². The summed E-state index contributed by atoms with van der Waals surface area (Å²) in [5.41, 5.74) is 3.09. The molecule has 30 heavy (non-hydrogen) atoms. The van der Waals surface area contributed by atoms with E-state index in [9.17, 15) is 4.79 Å². The molecule has 0 aliphatic carbocycles. The van der Waals surface area contributed by atoms with E-state index in [0.29, 0.717) is 23.9 Å². The molecule has 0 saturated carbocycles. The predicted molar refractivity (Wildman–Crippen MR) is 111 cm³/mol. The van der Waals surface area contributed by atoms with Crippen LogP contribution in [0.1, 0.15) is 27.7 Å². The van der Waals surface area contributed by atoms with Crippen molar-refractivity contribution in [3.05, 3.63) is 89.0 Å². The molecule has 1 aliphatic rings. The molecule has 2 aromatic heterocycles. The largest absolute Gasteiger partial charge is 0.411 e. The minimum Gasteiger partial charge on any atom is -0.411 e. The Balaban J connectivity index is 1.41. The zero-order valence-corrected chi connectivity index (χ0v) is 16.5. The molecule has 0 saturated heterocycles. The summed E-state index contributed by atoms with van der Waals surface area (Å²) >= 11 is 6.00. The van der Waals surface area contributed by atoms with Crippen molar-refractivity contribution in [2.75, 3.05) is 11.4 Å². The van der Waals surface area contributed by atoms with Crippen molar-refractivity contribution in [1.82, 2.24) is 20.2 Å². The number of hydrogen-bond donors (Lipinski definition) is 0. The van der Waals surface area contributed by atoms with Gasteiger partial charge in [-0.2, -0.15) is 0 Å². The van der Waals surface area contributed by atoms with Gasteiger partial charge in [0.25, 0.3) is 11.8 Å². The number of aromatic nitrogens is 4. The maximum absolute atomic E-state index is 13.2. The molecule has 0 fully saturated rings. The number of Topliss-reactive ketones (excluding diaryl/α,β-unsaturated/α-hetero) is 1. The number of carbonyl (C=O) groups excluding carboxylic acids is 1. The Morgan fingerprint density at radius 2 is 1.80 bits per heavy atom. The molecule has 4 aromatic rings. The Labute approximate surface area is 177 Å². The second-order valence-electron chi connectivity index (χ2n) is 6.97. The topological polar surface area (TPSA) is 85.0 Å². The maximum Gasteiger partial charge on any atom is 0.286 e. The fraction of sp³-hybridized carbons (Fsp3) is 0.136. The Morgan fingerprint density at radius 3 is 2.60 bits per heavy atom. The van der Waals surface area contributed by atoms with Gasteiger partial charge in [-0.1, -0.05) is 41.9 Å². The third kappa shape index (κ3) is 3.44. The van der Waals surface area contributed by atoms with Gasteiger partial charge in [0, 0.05) is 36.2 Å². The van der Waals surface area contributed by atoms with Gasteiger partial charge in [-0.25, -0.2) is 9.97 Å². The standard InChI is InChI=1S/C22H16ClN5O2/c23-15-8-6-14(7-9-15)12-28-13-17(16-4-1-2-5-18(16)28)19(29)21-26-27-22(30-21)20-24-10-3-11-25-20/h1-11,17H,12-13H2. The summed E-state index contributed by atoms with van der Waals surface area (Å²) in [6.07, 6.45) is 3.16. The van der Waals surface area contributed by atoms with Crippen LogP contribution in [0, 0.1) is 0 Å². The van der Waals surface area contributed by atoms with Crippen LogP contribution < -0.4 is 4.90 Å². The van der Waals surface area contributed by atoms with E-state index < -0.39 is 5.92 Å². The van der Waals surface area contributed by atoms with E-state index in [2.05, 4.69) is 25.1 Å². The Kier molecular flexibility index (Phi) is 4.72. The zero-order valence-electron chi connectivity index (χ0n) is 15.8. The van der Waals surface area contributed by atoms with Gasteiger partial charge in [0.2, 0.25) is 11.6 Å². The average Bonchev–Trinajstić information content (AvgIpc) is 3.42. The minimum atomic E-state index is -0.390. The molecule has 2 aromatic carbocycles. The molecule has 3 heterocycles. The van der Waals surface area contributed by atoms with E-state index in [-0.39, 0.29) is 17.6 Å². The lowest BCUT2D eigenvalue weighted by Gasteiger charge is -2.19. The highest BCUT2D eigenvalue weighted by molar-refractivity contribution is 6.30. The van der Waals surface area contributed by atoms with Gasteiger partial charge in [-0.15, -0.1) is 10.2 Å². The first-order valence-electron chi connectivity index (χ1n) is 9.42. The number of nitrogens with zero attached hydrogens (tertiary/aromatic N) is 5. The first kappa shape index (κ1) is 18.4. The summed E-state index contributed by atoms with van der Waals surface area (Å²) in [6, 6.07) is 17.3. The van der Waals surface area contributed by atoms with Crippen molar-refractivity contribution < 1.29 is 9.21 Å². The van der Waals surface area contributed by atoms with Gasteiger partial charge in [0.1, 0.15) is 0 Å². The van der Waals surface area contributed by atoms with Crippen LogP contribution in [-0.4, -0.2) is 32.5 Å². The summed E-state index contributed by atoms with van der Waals surface area (Å²) in [5, 5.41) is 8.59. The van der Waals surface area contributed by atoms with E-state index in [1.54, 1.807) is 18.5 Å². The highest BCUT2D eigenvalue weighted by Gasteiger charge is 2.36. The molecule has 1 atom stereocenters. The SMILES string of the molecule is O=C(c1nnc(-c2ncccn2)o1)C1CN(Cc2ccc(Cl)cc2)c2ccccc21. The molecular weight excluding hydrogens is 402 g/mol. The molecule has 0 bridgehead atoms. The van der Waals surface area contributed by atoms with Gasteiger partial charge >= 0.3 is 0 Å². The molecular formula is C22H16ClN5O2. The third-order valence-electron chi connectivity index (χ3n) is 5.05. The first-order valence-corrected chi connectivity index (χ1v) is 9.80. The highest BCUT2D eigenvalue weighted by Crippen LogP contribution is 2.38. The van der Waals surface area contributed by atoms with Crippen molar-refractivity contribution in [3.8, 4) is 11.7 Å². The fourth-order valence-corrected chi connectivity index (χ4v) is 3.77. The van der Waals surface area contributed by atoms with Crippen LogP contribution >= 0.6 is 11.6 Å². The van der Waals surface area contributed by atoms with Gasteiger partial charge in [-0.3, -0.25) is 4.79 Å². The molecule has 148 valence electrons. The quantitative estimate of drug-likeness (QED) is 0.450. The van der Waals surface area contributed by atoms with E-state index in [1.165, 1.54) is 0 Å². The van der Waals surface area contributed by atoms with Crippen LogP contribution in [0.15, 0.2) is 71.4 Å². The monoisotopic (exact) mass is 417 g/mol. The van der Waals surface area contributed by atoms with Crippen LogP contribution in [0.4, 0.5) is 5.69 Å². The van der Waals surface area contributed by atoms with Gasteiger partial charge in [-0.05, 0) is 35.4 Å². The second kappa shape index (κ2) is 7.68.